The Hall–Kier alpha value is -2.51. The van der Waals surface area contributed by atoms with Crippen LogP contribution in [0.4, 0.5) is 5.00 Å². The van der Waals surface area contributed by atoms with Gasteiger partial charge in [0.1, 0.15) is 10.0 Å². The summed E-state index contributed by atoms with van der Waals surface area (Å²) in [6, 6.07) is 11.8. The van der Waals surface area contributed by atoms with Gasteiger partial charge in [0.25, 0.3) is 5.91 Å². The van der Waals surface area contributed by atoms with Crippen molar-refractivity contribution in [3.63, 3.8) is 0 Å². The van der Waals surface area contributed by atoms with E-state index in [0.717, 1.165) is 38.0 Å². The molecule has 25 heavy (non-hydrogen) atoms. The highest BCUT2D eigenvalue weighted by Crippen LogP contribution is 2.37. The summed E-state index contributed by atoms with van der Waals surface area (Å²) in [4.78, 5) is 17.2. The molecule has 4 rings (SSSR count). The average Bonchev–Trinajstić information content (AvgIpc) is 3.31. The van der Waals surface area contributed by atoms with Crippen molar-refractivity contribution < 1.29 is 4.79 Å². The first-order valence-corrected chi connectivity index (χ1v) is 9.64. The molecule has 5 nitrogen and oxygen atoms in total. The maximum Gasteiger partial charge on any atom is 0.276 e. The van der Waals surface area contributed by atoms with E-state index in [1.54, 1.807) is 11.3 Å². The molecule has 1 N–H and O–H groups in total. The van der Waals surface area contributed by atoms with Crippen LogP contribution in [0.15, 0.2) is 41.8 Å². The second kappa shape index (κ2) is 6.42. The smallest absolute Gasteiger partial charge is 0.276 e. The van der Waals surface area contributed by atoms with Crippen LogP contribution in [-0.2, 0) is 6.54 Å². The Labute approximate surface area is 153 Å². The summed E-state index contributed by atoms with van der Waals surface area (Å²) in [5, 5.41) is 11.0. The lowest BCUT2D eigenvalue weighted by Gasteiger charge is -2.02. The lowest BCUT2D eigenvalue weighted by Crippen LogP contribution is -2.13. The number of carbonyl (C=O) groups is 1. The van der Waals surface area contributed by atoms with Gasteiger partial charge in [-0.2, -0.15) is 5.10 Å². The predicted molar refractivity (Wildman–Crippen MR) is 104 cm³/mol. The molecule has 0 aliphatic heterocycles. The van der Waals surface area contributed by atoms with E-state index >= 15 is 0 Å². The van der Waals surface area contributed by atoms with E-state index in [1.165, 1.54) is 11.3 Å². The Morgan fingerprint density at radius 2 is 2.12 bits per heavy atom. The second-order valence-electron chi connectivity index (χ2n) is 5.59. The van der Waals surface area contributed by atoms with Crippen molar-refractivity contribution in [1.82, 2.24) is 14.8 Å². The molecule has 0 spiro atoms. The number of thiazole rings is 1. The van der Waals surface area contributed by atoms with E-state index in [4.69, 9.17) is 0 Å². The SMILES string of the molecule is CCn1nc(C(=O)Nc2sccc2-c2nc3ccccc3s2)cc1C. The number of carbonyl (C=O) groups excluding carboxylic acids is 1. The normalized spacial score (nSPS) is 11.1. The summed E-state index contributed by atoms with van der Waals surface area (Å²) >= 11 is 3.12. The number of benzene rings is 1. The van der Waals surface area contributed by atoms with Crippen LogP contribution in [0.3, 0.4) is 0 Å². The van der Waals surface area contributed by atoms with Crippen molar-refractivity contribution in [2.75, 3.05) is 5.32 Å². The molecule has 4 aromatic rings. The molecule has 0 radical (unpaired) electrons. The van der Waals surface area contributed by atoms with Crippen LogP contribution in [0, 0.1) is 6.92 Å². The van der Waals surface area contributed by atoms with Crippen LogP contribution in [0.2, 0.25) is 0 Å². The highest BCUT2D eigenvalue weighted by molar-refractivity contribution is 7.22. The van der Waals surface area contributed by atoms with Crippen molar-refractivity contribution in [3.05, 3.63) is 53.2 Å². The van der Waals surface area contributed by atoms with Gasteiger partial charge < -0.3 is 5.32 Å². The zero-order valence-corrected chi connectivity index (χ0v) is 15.4. The average molecular weight is 368 g/mol. The fourth-order valence-electron chi connectivity index (χ4n) is 2.67. The number of nitrogens with zero attached hydrogens (tertiary/aromatic N) is 3. The van der Waals surface area contributed by atoms with E-state index in [2.05, 4.69) is 21.5 Å². The van der Waals surface area contributed by atoms with Gasteiger partial charge >= 0.3 is 0 Å². The fourth-order valence-corrected chi connectivity index (χ4v) is 4.52. The number of aromatic nitrogens is 3. The molecule has 7 heteroatoms. The molecule has 0 unspecified atom stereocenters. The van der Waals surface area contributed by atoms with Gasteiger partial charge in [-0.05, 0) is 43.5 Å². The molecule has 3 heterocycles. The van der Waals surface area contributed by atoms with Gasteiger partial charge in [0.05, 0.1) is 10.2 Å². The Morgan fingerprint density at radius 3 is 2.88 bits per heavy atom. The van der Waals surface area contributed by atoms with Gasteiger partial charge in [0.2, 0.25) is 0 Å². The highest BCUT2D eigenvalue weighted by Gasteiger charge is 2.17. The summed E-state index contributed by atoms with van der Waals surface area (Å²) in [6.07, 6.45) is 0. The van der Waals surface area contributed by atoms with E-state index in [9.17, 15) is 4.79 Å². The third-order valence-corrected chi connectivity index (χ3v) is 5.83. The molecular formula is C18H16N4OS2. The number of fused-ring (bicyclic) bond motifs is 1. The molecule has 3 aromatic heterocycles. The summed E-state index contributed by atoms with van der Waals surface area (Å²) < 4.78 is 2.95. The molecule has 0 bridgehead atoms. The molecule has 0 saturated carbocycles. The lowest BCUT2D eigenvalue weighted by atomic mass is 10.3. The van der Waals surface area contributed by atoms with Gasteiger partial charge in [-0.3, -0.25) is 9.48 Å². The first kappa shape index (κ1) is 16.0. The zero-order valence-electron chi connectivity index (χ0n) is 13.8. The Kier molecular flexibility index (Phi) is 4.10. The fraction of sp³-hybridized carbons (Fsp3) is 0.167. The molecular weight excluding hydrogens is 352 g/mol. The number of rotatable bonds is 4. The van der Waals surface area contributed by atoms with E-state index in [0.29, 0.717) is 5.69 Å². The first-order chi connectivity index (χ1) is 12.2. The zero-order chi connectivity index (χ0) is 17.4. The number of hydrogen-bond acceptors (Lipinski definition) is 5. The van der Waals surface area contributed by atoms with Crippen LogP contribution >= 0.6 is 22.7 Å². The molecule has 1 aromatic carbocycles. The monoisotopic (exact) mass is 368 g/mol. The van der Waals surface area contributed by atoms with Gasteiger partial charge in [0.15, 0.2) is 5.69 Å². The third-order valence-electron chi connectivity index (χ3n) is 3.93. The van der Waals surface area contributed by atoms with Crippen LogP contribution in [0.5, 0.6) is 0 Å². The Balaban J connectivity index is 1.64. The van der Waals surface area contributed by atoms with Crippen molar-refractivity contribution in [1.29, 1.82) is 0 Å². The Bertz CT molecular complexity index is 1030. The minimum absolute atomic E-state index is 0.194. The van der Waals surface area contributed by atoms with Crippen molar-refractivity contribution in [3.8, 4) is 10.6 Å². The summed E-state index contributed by atoms with van der Waals surface area (Å²) in [7, 11) is 0. The van der Waals surface area contributed by atoms with Crippen LogP contribution in [0.25, 0.3) is 20.8 Å². The van der Waals surface area contributed by atoms with Gasteiger partial charge in [0, 0.05) is 17.8 Å². The number of para-hydroxylation sites is 1. The van der Waals surface area contributed by atoms with Crippen LogP contribution in [0.1, 0.15) is 23.1 Å². The maximum absolute atomic E-state index is 12.6. The molecule has 0 aliphatic carbocycles. The van der Waals surface area contributed by atoms with Crippen molar-refractivity contribution in [2.45, 2.75) is 20.4 Å². The Morgan fingerprint density at radius 1 is 1.28 bits per heavy atom. The number of amides is 1. The molecule has 0 fully saturated rings. The van der Waals surface area contributed by atoms with Crippen LogP contribution < -0.4 is 5.32 Å². The molecule has 0 atom stereocenters. The van der Waals surface area contributed by atoms with Gasteiger partial charge in [-0.15, -0.1) is 22.7 Å². The minimum Gasteiger partial charge on any atom is -0.312 e. The largest absolute Gasteiger partial charge is 0.312 e. The van der Waals surface area contributed by atoms with Crippen molar-refractivity contribution >= 4 is 43.8 Å². The molecule has 0 aliphatic rings. The maximum atomic E-state index is 12.6. The van der Waals surface area contributed by atoms with Crippen LogP contribution in [-0.4, -0.2) is 20.7 Å². The lowest BCUT2D eigenvalue weighted by molar-refractivity contribution is 0.102. The standard InChI is InChI=1S/C18H16N4OS2/c1-3-22-11(2)10-14(21-22)16(23)20-17-12(8-9-24-17)18-19-13-6-4-5-7-15(13)25-18/h4-10H,3H2,1-2H3,(H,20,23). The number of anilines is 1. The van der Waals surface area contributed by atoms with E-state index in [-0.39, 0.29) is 5.91 Å². The second-order valence-corrected chi connectivity index (χ2v) is 7.54. The predicted octanol–water partition coefficient (Wildman–Crippen LogP) is 4.80. The van der Waals surface area contributed by atoms with Gasteiger partial charge in [-0.1, -0.05) is 12.1 Å². The summed E-state index contributed by atoms with van der Waals surface area (Å²) in [5.41, 5.74) is 3.34. The number of aryl methyl sites for hydroxylation is 2. The quantitative estimate of drug-likeness (QED) is 0.563. The summed E-state index contributed by atoms with van der Waals surface area (Å²) in [6.45, 7) is 4.70. The topological polar surface area (TPSA) is 59.8 Å². The number of hydrogen-bond donors (Lipinski definition) is 1. The van der Waals surface area contributed by atoms with E-state index in [1.807, 2.05) is 54.2 Å². The molecule has 0 saturated heterocycles. The third kappa shape index (κ3) is 2.96. The van der Waals surface area contributed by atoms with E-state index < -0.39 is 0 Å². The van der Waals surface area contributed by atoms with Gasteiger partial charge in [-0.25, -0.2) is 4.98 Å². The number of thiophene rings is 1. The first-order valence-electron chi connectivity index (χ1n) is 7.95. The van der Waals surface area contributed by atoms with Crippen molar-refractivity contribution in [2.24, 2.45) is 0 Å². The molecule has 126 valence electrons. The number of nitrogens with one attached hydrogen (secondary N) is 1. The molecule has 1 amide bonds. The minimum atomic E-state index is -0.194. The summed E-state index contributed by atoms with van der Waals surface area (Å²) in [5.74, 6) is -0.194. The highest BCUT2D eigenvalue weighted by atomic mass is 32.1.